The van der Waals surface area contributed by atoms with Crippen molar-refractivity contribution in [3.8, 4) is 5.75 Å². The van der Waals surface area contributed by atoms with Gasteiger partial charge in [-0.15, -0.1) is 0 Å². The molecule has 0 radical (unpaired) electrons. The number of para-hydroxylation sites is 1. The number of thiocarbonyl (C=S) groups is 1. The second-order valence-corrected chi connectivity index (χ2v) is 7.93. The molecule has 4 nitrogen and oxygen atoms in total. The molecule has 0 spiro atoms. The van der Waals surface area contributed by atoms with Crippen LogP contribution in [0.2, 0.25) is 0 Å². The third-order valence-electron chi connectivity index (χ3n) is 3.30. The highest BCUT2D eigenvalue weighted by molar-refractivity contribution is 7.91. The Balaban J connectivity index is 1.99. The first kappa shape index (κ1) is 15.3. The molecule has 1 aromatic rings. The standard InChI is InChI=1S/C14H19NO3S2/c1-10(2)12-5-3-4-6-13(12)18-14(19)15-11-7-8-20(16,17)9-11/h3-6,10-11H,7-9H2,1-2H3,(H,15,19). The molecule has 20 heavy (non-hydrogen) atoms. The average molecular weight is 313 g/mol. The third kappa shape index (κ3) is 3.93. The van der Waals surface area contributed by atoms with E-state index in [0.717, 1.165) is 11.3 Å². The summed E-state index contributed by atoms with van der Waals surface area (Å²) in [6, 6.07) is 7.59. The van der Waals surface area contributed by atoms with Gasteiger partial charge in [0.05, 0.1) is 11.5 Å². The zero-order chi connectivity index (χ0) is 14.8. The third-order valence-corrected chi connectivity index (χ3v) is 5.27. The van der Waals surface area contributed by atoms with Gasteiger partial charge in [0.25, 0.3) is 5.17 Å². The van der Waals surface area contributed by atoms with Gasteiger partial charge in [0.2, 0.25) is 0 Å². The second kappa shape index (κ2) is 6.10. The molecule has 2 rings (SSSR count). The van der Waals surface area contributed by atoms with Crippen LogP contribution in [-0.2, 0) is 9.84 Å². The van der Waals surface area contributed by atoms with Crippen LogP contribution in [0, 0.1) is 0 Å². The van der Waals surface area contributed by atoms with Crippen LogP contribution >= 0.6 is 12.2 Å². The SMILES string of the molecule is CC(C)c1ccccc1OC(=S)NC1CCS(=O)(=O)C1. The van der Waals surface area contributed by atoms with Crippen LogP contribution < -0.4 is 10.1 Å². The molecule has 1 N–H and O–H groups in total. The fraction of sp³-hybridized carbons (Fsp3) is 0.500. The monoisotopic (exact) mass is 313 g/mol. The molecular formula is C14H19NO3S2. The Morgan fingerprint density at radius 2 is 2.10 bits per heavy atom. The molecule has 0 aromatic heterocycles. The van der Waals surface area contributed by atoms with Crippen molar-refractivity contribution in [1.29, 1.82) is 0 Å². The number of hydrogen-bond acceptors (Lipinski definition) is 4. The lowest BCUT2D eigenvalue weighted by Crippen LogP contribution is -2.37. The van der Waals surface area contributed by atoms with Crippen LogP contribution in [0.4, 0.5) is 0 Å². The van der Waals surface area contributed by atoms with Gasteiger partial charge < -0.3 is 10.1 Å². The first-order valence-electron chi connectivity index (χ1n) is 6.65. The van der Waals surface area contributed by atoms with E-state index in [1.807, 2.05) is 24.3 Å². The Morgan fingerprint density at radius 3 is 2.70 bits per heavy atom. The first-order chi connectivity index (χ1) is 9.37. The number of rotatable bonds is 3. The molecule has 1 atom stereocenters. The molecule has 6 heteroatoms. The maximum absolute atomic E-state index is 11.4. The maximum Gasteiger partial charge on any atom is 0.262 e. The van der Waals surface area contributed by atoms with Gasteiger partial charge in [0.1, 0.15) is 5.75 Å². The van der Waals surface area contributed by atoms with E-state index in [1.54, 1.807) is 0 Å². The summed E-state index contributed by atoms with van der Waals surface area (Å²) in [6.07, 6.45) is 0.581. The minimum Gasteiger partial charge on any atom is -0.432 e. The Kier molecular flexibility index (Phi) is 4.65. The number of ether oxygens (including phenoxy) is 1. The largest absolute Gasteiger partial charge is 0.432 e. The zero-order valence-corrected chi connectivity index (χ0v) is 13.3. The number of sulfone groups is 1. The van der Waals surface area contributed by atoms with Gasteiger partial charge in [-0.25, -0.2) is 8.42 Å². The van der Waals surface area contributed by atoms with Crippen LogP contribution in [0.15, 0.2) is 24.3 Å². The molecule has 1 heterocycles. The van der Waals surface area contributed by atoms with Crippen molar-refractivity contribution >= 4 is 27.2 Å². The van der Waals surface area contributed by atoms with Gasteiger partial charge in [-0.2, -0.15) is 0 Å². The van der Waals surface area contributed by atoms with Crippen molar-refractivity contribution < 1.29 is 13.2 Å². The number of hydrogen-bond donors (Lipinski definition) is 1. The highest BCUT2D eigenvalue weighted by atomic mass is 32.2. The zero-order valence-electron chi connectivity index (χ0n) is 11.6. The van der Waals surface area contributed by atoms with Crippen LogP contribution in [0.5, 0.6) is 5.75 Å². The first-order valence-corrected chi connectivity index (χ1v) is 8.88. The molecule has 1 saturated heterocycles. The summed E-state index contributed by atoms with van der Waals surface area (Å²) < 4.78 is 28.5. The molecule has 1 aromatic carbocycles. The van der Waals surface area contributed by atoms with Crippen LogP contribution in [0.25, 0.3) is 0 Å². The summed E-state index contributed by atoms with van der Waals surface area (Å²) in [7, 11) is -2.91. The van der Waals surface area contributed by atoms with E-state index >= 15 is 0 Å². The van der Waals surface area contributed by atoms with Crippen molar-refractivity contribution in [3.05, 3.63) is 29.8 Å². The molecular weight excluding hydrogens is 294 g/mol. The fourth-order valence-electron chi connectivity index (χ4n) is 2.26. The van der Waals surface area contributed by atoms with Crippen molar-refractivity contribution in [3.63, 3.8) is 0 Å². The van der Waals surface area contributed by atoms with Crippen LogP contribution in [0.3, 0.4) is 0 Å². The molecule has 0 amide bonds. The van der Waals surface area contributed by atoms with Crippen molar-refractivity contribution in [2.75, 3.05) is 11.5 Å². The van der Waals surface area contributed by atoms with Crippen LogP contribution in [-0.4, -0.2) is 31.1 Å². The Morgan fingerprint density at radius 1 is 1.40 bits per heavy atom. The quantitative estimate of drug-likeness (QED) is 0.868. The maximum atomic E-state index is 11.4. The fourth-order valence-corrected chi connectivity index (χ4v) is 4.19. The minimum atomic E-state index is -2.91. The summed E-state index contributed by atoms with van der Waals surface area (Å²) in [5.41, 5.74) is 1.08. The van der Waals surface area contributed by atoms with Gasteiger partial charge in [-0.1, -0.05) is 32.0 Å². The minimum absolute atomic E-state index is 0.127. The topological polar surface area (TPSA) is 55.4 Å². The van der Waals surface area contributed by atoms with Gasteiger partial charge in [0.15, 0.2) is 9.84 Å². The molecule has 1 aliphatic heterocycles. The average Bonchev–Trinajstić information content (AvgIpc) is 2.68. The molecule has 1 unspecified atom stereocenters. The van der Waals surface area contributed by atoms with E-state index in [2.05, 4.69) is 19.2 Å². The van der Waals surface area contributed by atoms with E-state index in [4.69, 9.17) is 17.0 Å². The highest BCUT2D eigenvalue weighted by Crippen LogP contribution is 2.26. The van der Waals surface area contributed by atoms with Gasteiger partial charge in [-0.05, 0) is 36.2 Å². The van der Waals surface area contributed by atoms with E-state index in [0.29, 0.717) is 12.3 Å². The van der Waals surface area contributed by atoms with E-state index in [9.17, 15) is 8.42 Å². The number of nitrogens with one attached hydrogen (secondary N) is 1. The summed E-state index contributed by atoms with van der Waals surface area (Å²) in [6.45, 7) is 4.17. The predicted octanol–water partition coefficient (Wildman–Crippen LogP) is 2.25. The summed E-state index contributed by atoms with van der Waals surface area (Å²) in [5, 5.41) is 3.22. The second-order valence-electron chi connectivity index (χ2n) is 5.33. The molecule has 1 aliphatic rings. The lowest BCUT2D eigenvalue weighted by Gasteiger charge is -2.17. The molecule has 0 bridgehead atoms. The van der Waals surface area contributed by atoms with Crippen molar-refractivity contribution in [2.45, 2.75) is 32.2 Å². The Hall–Kier alpha value is -1.14. The molecule has 0 saturated carbocycles. The number of benzene rings is 1. The van der Waals surface area contributed by atoms with E-state index in [-0.39, 0.29) is 22.7 Å². The summed E-state index contributed by atoms with van der Waals surface area (Å²) in [5.74, 6) is 1.40. The van der Waals surface area contributed by atoms with Crippen molar-refractivity contribution in [2.24, 2.45) is 0 Å². The molecule has 1 fully saturated rings. The lowest BCUT2D eigenvalue weighted by atomic mass is 10.0. The normalized spacial score (nSPS) is 20.9. The van der Waals surface area contributed by atoms with E-state index in [1.165, 1.54) is 0 Å². The summed E-state index contributed by atoms with van der Waals surface area (Å²) >= 11 is 5.17. The molecule has 0 aliphatic carbocycles. The van der Waals surface area contributed by atoms with Gasteiger partial charge in [-0.3, -0.25) is 0 Å². The van der Waals surface area contributed by atoms with Gasteiger partial charge >= 0.3 is 0 Å². The molecule has 110 valence electrons. The predicted molar refractivity (Wildman–Crippen MR) is 84.0 cm³/mol. The Labute approximate surface area is 125 Å². The van der Waals surface area contributed by atoms with Gasteiger partial charge in [0, 0.05) is 6.04 Å². The highest BCUT2D eigenvalue weighted by Gasteiger charge is 2.28. The Bertz CT molecular complexity index is 596. The summed E-state index contributed by atoms with van der Waals surface area (Å²) in [4.78, 5) is 0. The van der Waals surface area contributed by atoms with Crippen molar-refractivity contribution in [1.82, 2.24) is 5.32 Å². The van der Waals surface area contributed by atoms with E-state index < -0.39 is 9.84 Å². The smallest absolute Gasteiger partial charge is 0.262 e. The van der Waals surface area contributed by atoms with Crippen LogP contribution in [0.1, 0.15) is 31.7 Å². The lowest BCUT2D eigenvalue weighted by molar-refractivity contribution is 0.501.